The molecule has 0 heterocycles. The monoisotopic (exact) mass is 376 g/mol. The molecule has 0 aromatic rings. The number of guanidine groups is 1. The third-order valence-electron chi connectivity index (χ3n) is 5.05. The van der Waals surface area contributed by atoms with E-state index in [0.717, 1.165) is 32.0 Å². The van der Waals surface area contributed by atoms with Gasteiger partial charge in [-0.1, -0.05) is 19.8 Å². The summed E-state index contributed by atoms with van der Waals surface area (Å²) in [6.07, 6.45) is 8.13. The molecule has 2 N–H and O–H groups in total. The summed E-state index contributed by atoms with van der Waals surface area (Å²) in [6.45, 7) is 5.28. The number of rotatable bonds is 11. The molecular weight excluding hydrogens is 340 g/mol. The molecule has 0 amide bonds. The number of nitrogens with one attached hydrogen (secondary N) is 2. The zero-order valence-electron chi connectivity index (χ0n) is 16.3. The van der Waals surface area contributed by atoms with Crippen molar-refractivity contribution in [3.8, 4) is 0 Å². The van der Waals surface area contributed by atoms with Crippen LogP contribution in [0.2, 0.25) is 0 Å². The summed E-state index contributed by atoms with van der Waals surface area (Å²) in [4.78, 5) is 4.28. The molecule has 0 aromatic carbocycles. The maximum atomic E-state index is 11.6. The van der Waals surface area contributed by atoms with Crippen LogP contribution in [0.25, 0.3) is 0 Å². The van der Waals surface area contributed by atoms with Crippen LogP contribution in [0.3, 0.4) is 0 Å². The fraction of sp³-hybridized carbons (Fsp3) is 0.941. The van der Waals surface area contributed by atoms with Crippen LogP contribution in [-0.4, -0.2) is 71.9 Å². The number of hydrogen-bond acceptors (Lipinski definition) is 4. The predicted octanol–water partition coefficient (Wildman–Crippen LogP) is 1.42. The molecular formula is C17H36N4O3S. The Balaban J connectivity index is 2.37. The van der Waals surface area contributed by atoms with Crippen LogP contribution in [0.1, 0.15) is 45.4 Å². The van der Waals surface area contributed by atoms with E-state index in [2.05, 4.69) is 15.6 Å². The molecule has 7 nitrogen and oxygen atoms in total. The molecule has 1 aliphatic rings. The molecule has 0 unspecified atom stereocenters. The van der Waals surface area contributed by atoms with E-state index in [1.165, 1.54) is 36.2 Å². The largest absolute Gasteiger partial charge is 0.385 e. The number of sulfonamides is 1. The quantitative estimate of drug-likeness (QED) is 0.324. The fourth-order valence-corrected chi connectivity index (χ4v) is 4.40. The molecule has 1 saturated carbocycles. The summed E-state index contributed by atoms with van der Waals surface area (Å²) in [6, 6.07) is 0. The van der Waals surface area contributed by atoms with E-state index < -0.39 is 10.0 Å². The van der Waals surface area contributed by atoms with E-state index in [-0.39, 0.29) is 0 Å². The van der Waals surface area contributed by atoms with Gasteiger partial charge in [-0.15, -0.1) is 0 Å². The minimum absolute atomic E-state index is 0.308. The Morgan fingerprint density at radius 1 is 1.28 bits per heavy atom. The second kappa shape index (κ2) is 11.0. The van der Waals surface area contributed by atoms with Gasteiger partial charge in [0.15, 0.2) is 5.96 Å². The lowest BCUT2D eigenvalue weighted by molar-refractivity contribution is 0.138. The van der Waals surface area contributed by atoms with Crippen molar-refractivity contribution < 1.29 is 13.2 Å². The van der Waals surface area contributed by atoms with E-state index in [1.807, 2.05) is 6.92 Å². The maximum Gasteiger partial charge on any atom is 0.211 e. The molecule has 0 radical (unpaired) electrons. The molecule has 1 aliphatic carbocycles. The van der Waals surface area contributed by atoms with Gasteiger partial charge in [0.2, 0.25) is 10.0 Å². The third kappa shape index (κ3) is 7.92. The van der Waals surface area contributed by atoms with Crippen molar-refractivity contribution in [2.45, 2.75) is 45.4 Å². The molecule has 25 heavy (non-hydrogen) atoms. The van der Waals surface area contributed by atoms with Crippen LogP contribution >= 0.6 is 0 Å². The molecule has 0 bridgehead atoms. The van der Waals surface area contributed by atoms with Crippen molar-refractivity contribution in [3.05, 3.63) is 0 Å². The van der Waals surface area contributed by atoms with Crippen molar-refractivity contribution in [1.29, 1.82) is 0 Å². The fourth-order valence-electron chi connectivity index (χ4n) is 3.47. The van der Waals surface area contributed by atoms with Crippen molar-refractivity contribution in [2.24, 2.45) is 10.4 Å². The Morgan fingerprint density at radius 2 is 1.96 bits per heavy atom. The zero-order chi connectivity index (χ0) is 18.8. The Kier molecular flexibility index (Phi) is 9.74. The standard InChI is InChI=1S/C17H36N4O3S/c1-5-21(25(4,22)23)13-8-12-19-16(18-2)20-15-17(11-14-24-3)9-6-7-10-17/h5-15H2,1-4H3,(H2,18,19,20). The van der Waals surface area contributed by atoms with Gasteiger partial charge in [0.1, 0.15) is 0 Å². The molecule has 0 atom stereocenters. The van der Waals surface area contributed by atoms with Crippen molar-refractivity contribution in [1.82, 2.24) is 14.9 Å². The van der Waals surface area contributed by atoms with Gasteiger partial charge >= 0.3 is 0 Å². The highest BCUT2D eigenvalue weighted by Crippen LogP contribution is 2.40. The Hall–Kier alpha value is -0.860. The average Bonchev–Trinajstić information content (AvgIpc) is 3.03. The van der Waals surface area contributed by atoms with Gasteiger partial charge in [-0.2, -0.15) is 0 Å². The number of hydrogen-bond donors (Lipinski definition) is 2. The van der Waals surface area contributed by atoms with Crippen LogP contribution in [0.15, 0.2) is 4.99 Å². The number of methoxy groups -OCH3 is 1. The normalized spacial score (nSPS) is 17.9. The zero-order valence-corrected chi connectivity index (χ0v) is 17.1. The summed E-state index contributed by atoms with van der Waals surface area (Å²) in [5.41, 5.74) is 0.308. The minimum atomic E-state index is -3.11. The summed E-state index contributed by atoms with van der Waals surface area (Å²) in [7, 11) is 0.409. The first-order valence-corrected chi connectivity index (χ1v) is 11.1. The first kappa shape index (κ1) is 22.2. The van der Waals surface area contributed by atoms with Crippen LogP contribution in [-0.2, 0) is 14.8 Å². The van der Waals surface area contributed by atoms with E-state index in [9.17, 15) is 8.42 Å². The van der Waals surface area contributed by atoms with Gasteiger partial charge in [-0.25, -0.2) is 12.7 Å². The average molecular weight is 377 g/mol. The van der Waals surface area contributed by atoms with Gasteiger partial charge in [0, 0.05) is 46.9 Å². The number of nitrogens with zero attached hydrogens (tertiary/aromatic N) is 2. The van der Waals surface area contributed by atoms with Crippen LogP contribution in [0.4, 0.5) is 0 Å². The second-order valence-corrected chi connectivity index (χ2v) is 8.89. The van der Waals surface area contributed by atoms with E-state index >= 15 is 0 Å². The lowest BCUT2D eigenvalue weighted by Crippen LogP contribution is -2.44. The molecule has 0 spiro atoms. The lowest BCUT2D eigenvalue weighted by Gasteiger charge is -2.30. The first-order chi connectivity index (χ1) is 11.9. The molecule has 8 heteroatoms. The molecule has 1 rings (SSSR count). The summed E-state index contributed by atoms with van der Waals surface area (Å²) >= 11 is 0. The van der Waals surface area contributed by atoms with Crippen molar-refractivity contribution in [2.75, 3.05) is 53.2 Å². The van der Waals surface area contributed by atoms with Gasteiger partial charge in [0.25, 0.3) is 0 Å². The second-order valence-electron chi connectivity index (χ2n) is 6.91. The van der Waals surface area contributed by atoms with Gasteiger partial charge in [-0.3, -0.25) is 4.99 Å². The van der Waals surface area contributed by atoms with E-state index in [4.69, 9.17) is 4.74 Å². The Labute approximate surface area is 153 Å². The highest BCUT2D eigenvalue weighted by Gasteiger charge is 2.33. The topological polar surface area (TPSA) is 83.0 Å². The Morgan fingerprint density at radius 3 is 2.48 bits per heavy atom. The summed E-state index contributed by atoms with van der Waals surface area (Å²) in [5, 5.41) is 6.73. The summed E-state index contributed by atoms with van der Waals surface area (Å²) in [5.74, 6) is 0.783. The molecule has 1 fully saturated rings. The van der Waals surface area contributed by atoms with Crippen LogP contribution in [0, 0.1) is 5.41 Å². The van der Waals surface area contributed by atoms with Crippen LogP contribution in [0.5, 0.6) is 0 Å². The van der Waals surface area contributed by atoms with Gasteiger partial charge < -0.3 is 15.4 Å². The van der Waals surface area contributed by atoms with Gasteiger partial charge in [0.05, 0.1) is 6.26 Å². The smallest absolute Gasteiger partial charge is 0.211 e. The van der Waals surface area contributed by atoms with E-state index in [0.29, 0.717) is 25.0 Å². The first-order valence-electron chi connectivity index (χ1n) is 9.25. The highest BCUT2D eigenvalue weighted by molar-refractivity contribution is 7.88. The van der Waals surface area contributed by atoms with E-state index in [1.54, 1.807) is 14.2 Å². The van der Waals surface area contributed by atoms with Gasteiger partial charge in [-0.05, 0) is 31.1 Å². The third-order valence-corrected chi connectivity index (χ3v) is 6.43. The summed E-state index contributed by atoms with van der Waals surface area (Å²) < 4.78 is 29.9. The minimum Gasteiger partial charge on any atom is -0.385 e. The number of ether oxygens (including phenoxy) is 1. The van der Waals surface area contributed by atoms with Crippen molar-refractivity contribution >= 4 is 16.0 Å². The SMILES string of the molecule is CCN(CCCNC(=NC)NCC1(CCOC)CCCC1)S(C)(=O)=O. The molecule has 0 aliphatic heterocycles. The molecule has 0 aromatic heterocycles. The number of aliphatic imine (C=N–C) groups is 1. The molecule has 148 valence electrons. The predicted molar refractivity (Wildman–Crippen MR) is 103 cm³/mol. The molecule has 0 saturated heterocycles. The Bertz CT molecular complexity index is 502. The maximum absolute atomic E-state index is 11.6. The lowest BCUT2D eigenvalue weighted by atomic mass is 9.83. The highest BCUT2D eigenvalue weighted by atomic mass is 32.2. The van der Waals surface area contributed by atoms with Crippen molar-refractivity contribution in [3.63, 3.8) is 0 Å². The van der Waals surface area contributed by atoms with Crippen LogP contribution < -0.4 is 10.6 Å².